The minimum Gasteiger partial charge on any atom is -0.490 e. The molecule has 0 spiro atoms. The molecular weight excluding hydrogens is 364 g/mol. The Hall–Kier alpha value is -2.95. The highest BCUT2D eigenvalue weighted by Gasteiger charge is 2.20. The number of aromatic nitrogens is 1. The number of amides is 1. The SMILES string of the molecule is CCOc1ccc(NC(=O)c2ccc3[nH]c4c(c3c2)C[C@H](C)CC4)cc1OCC. The van der Waals surface area contributed by atoms with Crippen molar-refractivity contribution in [3.8, 4) is 11.5 Å². The van der Waals surface area contributed by atoms with Gasteiger partial charge in [-0.25, -0.2) is 0 Å². The molecule has 0 bridgehead atoms. The van der Waals surface area contributed by atoms with Gasteiger partial charge in [-0.2, -0.15) is 0 Å². The van der Waals surface area contributed by atoms with Gasteiger partial charge in [0.1, 0.15) is 0 Å². The maximum absolute atomic E-state index is 12.9. The second kappa shape index (κ2) is 8.19. The number of hydrogen-bond donors (Lipinski definition) is 2. The van der Waals surface area contributed by atoms with Crippen LogP contribution in [0.4, 0.5) is 5.69 Å². The van der Waals surface area contributed by atoms with E-state index in [0.29, 0.717) is 41.9 Å². The van der Waals surface area contributed by atoms with E-state index in [-0.39, 0.29) is 5.91 Å². The van der Waals surface area contributed by atoms with E-state index in [1.165, 1.54) is 23.1 Å². The summed E-state index contributed by atoms with van der Waals surface area (Å²) in [6.07, 6.45) is 3.36. The second-order valence-electron chi connectivity index (χ2n) is 7.67. The van der Waals surface area contributed by atoms with Crippen molar-refractivity contribution >= 4 is 22.5 Å². The van der Waals surface area contributed by atoms with Crippen LogP contribution in [0.25, 0.3) is 10.9 Å². The number of rotatable bonds is 6. The fourth-order valence-corrected chi connectivity index (χ4v) is 4.06. The third kappa shape index (κ3) is 3.95. The van der Waals surface area contributed by atoms with E-state index in [1.807, 2.05) is 50.2 Å². The Balaban J connectivity index is 1.59. The molecule has 0 aliphatic heterocycles. The van der Waals surface area contributed by atoms with Gasteiger partial charge >= 0.3 is 0 Å². The van der Waals surface area contributed by atoms with E-state index >= 15 is 0 Å². The summed E-state index contributed by atoms with van der Waals surface area (Å²) in [6, 6.07) is 11.4. The number of nitrogens with one attached hydrogen (secondary N) is 2. The van der Waals surface area contributed by atoms with E-state index in [2.05, 4.69) is 17.2 Å². The summed E-state index contributed by atoms with van der Waals surface area (Å²) in [5.74, 6) is 1.87. The number of anilines is 1. The molecular formula is C24H28N2O3. The summed E-state index contributed by atoms with van der Waals surface area (Å²) in [6.45, 7) is 7.24. The maximum atomic E-state index is 12.9. The molecule has 2 aromatic carbocycles. The molecule has 1 aliphatic rings. The van der Waals surface area contributed by atoms with Crippen LogP contribution in [0.15, 0.2) is 36.4 Å². The Morgan fingerprint density at radius 2 is 1.90 bits per heavy atom. The molecule has 0 radical (unpaired) electrons. The largest absolute Gasteiger partial charge is 0.490 e. The molecule has 0 saturated carbocycles. The molecule has 1 aliphatic carbocycles. The summed E-state index contributed by atoms with van der Waals surface area (Å²) in [4.78, 5) is 16.4. The molecule has 4 rings (SSSR count). The highest BCUT2D eigenvalue weighted by molar-refractivity contribution is 6.06. The topological polar surface area (TPSA) is 63.3 Å². The number of carbonyl (C=O) groups is 1. The van der Waals surface area contributed by atoms with Crippen molar-refractivity contribution in [1.29, 1.82) is 0 Å². The van der Waals surface area contributed by atoms with Gasteiger partial charge in [0.2, 0.25) is 0 Å². The lowest BCUT2D eigenvalue weighted by Gasteiger charge is -2.18. The number of aryl methyl sites for hydroxylation is 1. The van der Waals surface area contributed by atoms with E-state index in [1.54, 1.807) is 0 Å². The van der Waals surface area contributed by atoms with Crippen molar-refractivity contribution in [2.24, 2.45) is 5.92 Å². The van der Waals surface area contributed by atoms with Gasteiger partial charge in [0.25, 0.3) is 5.91 Å². The first kappa shape index (κ1) is 19.4. The van der Waals surface area contributed by atoms with E-state index in [0.717, 1.165) is 18.4 Å². The molecule has 5 nitrogen and oxygen atoms in total. The highest BCUT2D eigenvalue weighted by Crippen LogP contribution is 2.33. The van der Waals surface area contributed by atoms with Crippen LogP contribution in [-0.4, -0.2) is 24.1 Å². The zero-order chi connectivity index (χ0) is 20.4. The first-order valence-corrected chi connectivity index (χ1v) is 10.4. The van der Waals surface area contributed by atoms with Crippen molar-refractivity contribution in [2.75, 3.05) is 18.5 Å². The predicted molar refractivity (Wildman–Crippen MR) is 116 cm³/mol. The van der Waals surface area contributed by atoms with Gasteiger partial charge in [-0.15, -0.1) is 0 Å². The van der Waals surface area contributed by atoms with Crippen LogP contribution < -0.4 is 14.8 Å². The fourth-order valence-electron chi connectivity index (χ4n) is 4.06. The van der Waals surface area contributed by atoms with Gasteiger partial charge in [0.05, 0.1) is 13.2 Å². The van der Waals surface area contributed by atoms with Gasteiger partial charge in [0.15, 0.2) is 11.5 Å². The van der Waals surface area contributed by atoms with Crippen molar-refractivity contribution in [2.45, 2.75) is 40.0 Å². The normalized spacial score (nSPS) is 15.8. The minimum atomic E-state index is -0.127. The zero-order valence-corrected chi connectivity index (χ0v) is 17.3. The predicted octanol–water partition coefficient (Wildman–Crippen LogP) is 5.34. The number of ether oxygens (including phenoxy) is 2. The lowest BCUT2D eigenvalue weighted by molar-refractivity contribution is 0.102. The highest BCUT2D eigenvalue weighted by atomic mass is 16.5. The number of aromatic amines is 1. The molecule has 0 fully saturated rings. The van der Waals surface area contributed by atoms with Crippen molar-refractivity contribution in [3.63, 3.8) is 0 Å². The van der Waals surface area contributed by atoms with Crippen molar-refractivity contribution < 1.29 is 14.3 Å². The molecule has 1 heterocycles. The van der Waals surface area contributed by atoms with Gasteiger partial charge in [-0.1, -0.05) is 6.92 Å². The van der Waals surface area contributed by atoms with Crippen LogP contribution in [0.5, 0.6) is 11.5 Å². The first-order valence-electron chi connectivity index (χ1n) is 10.4. The quantitative estimate of drug-likeness (QED) is 0.595. The first-order chi connectivity index (χ1) is 14.1. The van der Waals surface area contributed by atoms with Gasteiger partial charge in [-0.05, 0) is 74.9 Å². The van der Waals surface area contributed by atoms with Crippen LogP contribution in [0.3, 0.4) is 0 Å². The Kier molecular flexibility index (Phi) is 5.47. The summed E-state index contributed by atoms with van der Waals surface area (Å²) in [5, 5.41) is 4.15. The minimum absolute atomic E-state index is 0.127. The van der Waals surface area contributed by atoms with Gasteiger partial charge in [-0.3, -0.25) is 4.79 Å². The van der Waals surface area contributed by atoms with E-state index < -0.39 is 0 Å². The van der Waals surface area contributed by atoms with E-state index in [9.17, 15) is 4.79 Å². The van der Waals surface area contributed by atoms with Crippen LogP contribution in [0, 0.1) is 5.92 Å². The molecule has 1 aromatic heterocycles. The molecule has 5 heteroatoms. The fraction of sp³-hybridized carbons (Fsp3) is 0.375. The summed E-state index contributed by atoms with van der Waals surface area (Å²) < 4.78 is 11.3. The molecule has 0 saturated heterocycles. The maximum Gasteiger partial charge on any atom is 0.255 e. The lowest BCUT2D eigenvalue weighted by Crippen LogP contribution is -2.12. The van der Waals surface area contributed by atoms with Crippen molar-refractivity contribution in [3.05, 3.63) is 53.2 Å². The third-order valence-electron chi connectivity index (χ3n) is 5.50. The monoisotopic (exact) mass is 392 g/mol. The number of fused-ring (bicyclic) bond motifs is 3. The van der Waals surface area contributed by atoms with Crippen LogP contribution in [0.1, 0.15) is 48.8 Å². The Labute approximate surface area is 171 Å². The number of carbonyl (C=O) groups excluding carboxylic acids is 1. The van der Waals surface area contributed by atoms with E-state index in [4.69, 9.17) is 9.47 Å². The average Bonchev–Trinajstić information content (AvgIpc) is 3.07. The van der Waals surface area contributed by atoms with Crippen LogP contribution >= 0.6 is 0 Å². The Morgan fingerprint density at radius 3 is 2.69 bits per heavy atom. The standard InChI is InChI=1S/C24H28N2O3/c1-4-28-22-11-8-17(14-23(22)29-5-2)25-24(27)16-7-10-21-19(13-16)18-12-15(3)6-9-20(18)26-21/h7-8,10-11,13-15,26H,4-6,9,12H2,1-3H3,(H,25,27)/t15-/m1/s1. The zero-order valence-electron chi connectivity index (χ0n) is 17.3. The third-order valence-corrected chi connectivity index (χ3v) is 5.50. The van der Waals surface area contributed by atoms with Gasteiger partial charge in [0, 0.05) is 33.9 Å². The Morgan fingerprint density at radius 1 is 1.10 bits per heavy atom. The Bertz CT molecular complexity index is 1040. The summed E-state index contributed by atoms with van der Waals surface area (Å²) >= 11 is 0. The van der Waals surface area contributed by atoms with Crippen molar-refractivity contribution in [1.82, 2.24) is 4.98 Å². The smallest absolute Gasteiger partial charge is 0.255 e. The molecule has 29 heavy (non-hydrogen) atoms. The molecule has 1 atom stereocenters. The lowest BCUT2D eigenvalue weighted by atomic mass is 9.87. The number of H-pyrrole nitrogens is 1. The molecule has 152 valence electrons. The van der Waals surface area contributed by atoms with Crippen LogP contribution in [-0.2, 0) is 12.8 Å². The molecule has 2 N–H and O–H groups in total. The summed E-state index contributed by atoms with van der Waals surface area (Å²) in [5.41, 5.74) is 5.15. The molecule has 1 amide bonds. The summed E-state index contributed by atoms with van der Waals surface area (Å²) in [7, 11) is 0. The number of hydrogen-bond acceptors (Lipinski definition) is 3. The molecule has 0 unspecified atom stereocenters. The van der Waals surface area contributed by atoms with Gasteiger partial charge < -0.3 is 19.8 Å². The average molecular weight is 392 g/mol. The van der Waals surface area contributed by atoms with Crippen LogP contribution in [0.2, 0.25) is 0 Å². The molecule has 3 aromatic rings. The number of benzene rings is 2. The second-order valence-corrected chi connectivity index (χ2v) is 7.67.